The number of halogens is 3. The summed E-state index contributed by atoms with van der Waals surface area (Å²) in [6.07, 6.45) is -5.50. The van der Waals surface area contributed by atoms with Crippen LogP contribution in [0.25, 0.3) is 0 Å². The fraction of sp³-hybridized carbons (Fsp3) is 0.714. The highest BCUT2D eigenvalue weighted by atomic mass is 19.4. The van der Waals surface area contributed by atoms with Crippen LogP contribution in [-0.2, 0) is 6.54 Å². The Bertz CT molecular complexity index is 551. The maximum atomic E-state index is 12.3. The molecule has 1 N–H and O–H groups in total. The van der Waals surface area contributed by atoms with Gasteiger partial charge in [0.25, 0.3) is 5.56 Å². The Morgan fingerprint density at radius 2 is 2.00 bits per heavy atom. The summed E-state index contributed by atoms with van der Waals surface area (Å²) in [4.78, 5) is 13.3. The van der Waals surface area contributed by atoms with Gasteiger partial charge < -0.3 is 10.0 Å². The molecular weight excluding hydrogens is 299 g/mol. The average Bonchev–Trinajstić information content (AvgIpc) is 2.44. The fourth-order valence-electron chi connectivity index (χ4n) is 2.63. The van der Waals surface area contributed by atoms with Crippen LogP contribution in [0.2, 0.25) is 0 Å². The van der Waals surface area contributed by atoms with Crippen LogP contribution >= 0.6 is 0 Å². The number of likely N-dealkylation sites (tertiary alicyclic amines) is 1. The van der Waals surface area contributed by atoms with Gasteiger partial charge in [0, 0.05) is 19.2 Å². The predicted molar refractivity (Wildman–Crippen MR) is 74.5 cm³/mol. The number of hydrogen-bond acceptors (Lipinski definition) is 4. The second kappa shape index (κ2) is 6.78. The number of piperidine rings is 1. The molecule has 1 aromatic heterocycles. The van der Waals surface area contributed by atoms with Gasteiger partial charge >= 0.3 is 6.18 Å². The third-order valence-electron chi connectivity index (χ3n) is 3.95. The second-order valence-corrected chi connectivity index (χ2v) is 5.80. The van der Waals surface area contributed by atoms with Crippen LogP contribution in [0.5, 0.6) is 0 Å². The highest BCUT2D eigenvalue weighted by Crippen LogP contribution is 2.23. The molecule has 5 nitrogen and oxygen atoms in total. The zero-order valence-electron chi connectivity index (χ0n) is 12.4. The van der Waals surface area contributed by atoms with E-state index in [0.717, 1.165) is 5.69 Å². The first-order valence-electron chi connectivity index (χ1n) is 7.27. The molecule has 1 aliphatic rings. The quantitative estimate of drug-likeness (QED) is 0.906. The lowest BCUT2D eigenvalue weighted by Gasteiger charge is -2.33. The number of β-amino-alcohol motifs (C(OH)–C–C–N with tert-alkyl or cyclic N) is 1. The number of aliphatic hydroxyl groups excluding tert-OH is 1. The molecule has 1 saturated heterocycles. The smallest absolute Gasteiger partial charge is 0.382 e. The van der Waals surface area contributed by atoms with Gasteiger partial charge in [-0.15, -0.1) is 0 Å². The van der Waals surface area contributed by atoms with Crippen LogP contribution in [0.15, 0.2) is 16.9 Å². The summed E-state index contributed by atoms with van der Waals surface area (Å²) < 4.78 is 38.4. The summed E-state index contributed by atoms with van der Waals surface area (Å²) in [6, 6.07) is 3.12. The Hall–Kier alpha value is -1.41. The molecule has 0 amide bonds. The number of rotatable bonds is 4. The molecule has 0 radical (unpaired) electrons. The minimum absolute atomic E-state index is 0.166. The van der Waals surface area contributed by atoms with Gasteiger partial charge in [0.2, 0.25) is 0 Å². The van der Waals surface area contributed by atoms with Crippen molar-refractivity contribution in [3.05, 3.63) is 28.2 Å². The number of nitrogens with zero attached hydrogens (tertiary/aromatic N) is 3. The summed E-state index contributed by atoms with van der Waals surface area (Å²) in [5.74, 6) is 0.214. The summed E-state index contributed by atoms with van der Waals surface area (Å²) in [7, 11) is 0. The summed E-state index contributed by atoms with van der Waals surface area (Å²) in [5, 5.41) is 13.3. The molecule has 1 atom stereocenters. The minimum atomic E-state index is -4.57. The topological polar surface area (TPSA) is 58.4 Å². The SMILES string of the molecule is Cc1ccc(=O)n(CC2CCN(CC(O)C(F)(F)F)CC2)n1. The lowest BCUT2D eigenvalue weighted by Crippen LogP contribution is -2.44. The zero-order valence-corrected chi connectivity index (χ0v) is 12.4. The van der Waals surface area contributed by atoms with E-state index < -0.39 is 18.8 Å². The van der Waals surface area contributed by atoms with Crippen molar-refractivity contribution < 1.29 is 18.3 Å². The minimum Gasteiger partial charge on any atom is -0.382 e. The van der Waals surface area contributed by atoms with Gasteiger partial charge in [0.15, 0.2) is 6.10 Å². The van der Waals surface area contributed by atoms with Gasteiger partial charge in [0.1, 0.15) is 0 Å². The lowest BCUT2D eigenvalue weighted by atomic mass is 9.96. The molecule has 0 aromatic carbocycles. The third kappa shape index (κ3) is 4.54. The molecule has 2 rings (SSSR count). The Kier molecular flexibility index (Phi) is 5.23. The molecule has 0 bridgehead atoms. The first-order valence-corrected chi connectivity index (χ1v) is 7.27. The standard InChI is InChI=1S/C14H20F3N3O2/c1-10-2-3-13(22)20(18-10)8-11-4-6-19(7-5-11)9-12(21)14(15,16)17/h2-3,11-12,21H,4-9H2,1H3. The number of aliphatic hydroxyl groups is 1. The van der Waals surface area contributed by atoms with E-state index in [1.54, 1.807) is 17.9 Å². The number of hydrogen-bond donors (Lipinski definition) is 1. The van der Waals surface area contributed by atoms with E-state index in [4.69, 9.17) is 5.11 Å². The number of aromatic nitrogens is 2. The first kappa shape index (κ1) is 17.0. The van der Waals surface area contributed by atoms with Crippen molar-refractivity contribution in [2.24, 2.45) is 5.92 Å². The van der Waals surface area contributed by atoms with E-state index in [1.807, 2.05) is 0 Å². The average molecular weight is 319 g/mol. The van der Waals surface area contributed by atoms with Crippen molar-refractivity contribution in [3.63, 3.8) is 0 Å². The number of alkyl halides is 3. The molecule has 1 aromatic rings. The van der Waals surface area contributed by atoms with Crippen molar-refractivity contribution in [2.75, 3.05) is 19.6 Å². The van der Waals surface area contributed by atoms with Gasteiger partial charge in [-0.1, -0.05) is 0 Å². The first-order chi connectivity index (χ1) is 10.3. The van der Waals surface area contributed by atoms with Crippen LogP contribution in [0, 0.1) is 12.8 Å². The van der Waals surface area contributed by atoms with E-state index in [2.05, 4.69) is 5.10 Å². The van der Waals surface area contributed by atoms with E-state index in [9.17, 15) is 18.0 Å². The van der Waals surface area contributed by atoms with Crippen molar-refractivity contribution >= 4 is 0 Å². The molecule has 0 saturated carbocycles. The summed E-state index contributed by atoms with van der Waals surface area (Å²) in [5.41, 5.74) is 0.589. The van der Waals surface area contributed by atoms with Crippen LogP contribution in [0.1, 0.15) is 18.5 Å². The lowest BCUT2D eigenvalue weighted by molar-refractivity contribution is -0.208. The third-order valence-corrected chi connectivity index (χ3v) is 3.95. The Morgan fingerprint density at radius 3 is 2.59 bits per heavy atom. The van der Waals surface area contributed by atoms with Crippen LogP contribution in [0.4, 0.5) is 13.2 Å². The highest BCUT2D eigenvalue weighted by Gasteiger charge is 2.39. The molecule has 1 aliphatic heterocycles. The molecule has 22 heavy (non-hydrogen) atoms. The molecular formula is C14H20F3N3O2. The normalized spacial score (nSPS) is 19.3. The largest absolute Gasteiger partial charge is 0.415 e. The van der Waals surface area contributed by atoms with Crippen molar-refractivity contribution in [1.82, 2.24) is 14.7 Å². The van der Waals surface area contributed by atoms with Crippen LogP contribution < -0.4 is 5.56 Å². The van der Waals surface area contributed by atoms with E-state index >= 15 is 0 Å². The maximum Gasteiger partial charge on any atom is 0.415 e. The van der Waals surface area contributed by atoms with Crippen LogP contribution in [0.3, 0.4) is 0 Å². The van der Waals surface area contributed by atoms with Gasteiger partial charge in [-0.05, 0) is 44.8 Å². The Labute approximate surface area is 126 Å². The van der Waals surface area contributed by atoms with Gasteiger partial charge in [-0.3, -0.25) is 4.79 Å². The monoisotopic (exact) mass is 319 g/mol. The van der Waals surface area contributed by atoms with Crippen molar-refractivity contribution in [3.8, 4) is 0 Å². The molecule has 8 heteroatoms. The molecule has 2 heterocycles. The van der Waals surface area contributed by atoms with E-state index in [0.29, 0.717) is 32.5 Å². The summed E-state index contributed by atoms with van der Waals surface area (Å²) in [6.45, 7) is 2.86. The van der Waals surface area contributed by atoms with Crippen LogP contribution in [-0.4, -0.2) is 51.7 Å². The maximum absolute atomic E-state index is 12.3. The Balaban J connectivity index is 1.85. The molecule has 124 valence electrons. The van der Waals surface area contributed by atoms with Gasteiger partial charge in [0.05, 0.1) is 5.69 Å². The van der Waals surface area contributed by atoms with Crippen molar-refractivity contribution in [2.45, 2.75) is 38.6 Å². The molecule has 0 spiro atoms. The van der Waals surface area contributed by atoms with Gasteiger partial charge in [-0.2, -0.15) is 18.3 Å². The molecule has 1 fully saturated rings. The highest BCUT2D eigenvalue weighted by molar-refractivity contribution is 4.97. The van der Waals surface area contributed by atoms with Gasteiger partial charge in [-0.25, -0.2) is 4.68 Å². The number of aryl methyl sites for hydroxylation is 1. The molecule has 1 unspecified atom stereocenters. The van der Waals surface area contributed by atoms with E-state index in [-0.39, 0.29) is 11.5 Å². The second-order valence-electron chi connectivity index (χ2n) is 5.80. The zero-order chi connectivity index (χ0) is 16.3. The van der Waals surface area contributed by atoms with Crippen molar-refractivity contribution in [1.29, 1.82) is 0 Å². The predicted octanol–water partition coefficient (Wildman–Crippen LogP) is 1.19. The fourth-order valence-corrected chi connectivity index (χ4v) is 2.63. The summed E-state index contributed by atoms with van der Waals surface area (Å²) >= 11 is 0. The molecule has 0 aliphatic carbocycles. The van der Waals surface area contributed by atoms with E-state index in [1.165, 1.54) is 10.7 Å². The Morgan fingerprint density at radius 1 is 1.36 bits per heavy atom.